The largest absolute Gasteiger partial charge is 0.316 e. The third-order valence-electron chi connectivity index (χ3n) is 3.85. The van der Waals surface area contributed by atoms with Crippen LogP contribution in [0.1, 0.15) is 24.1 Å². The van der Waals surface area contributed by atoms with Crippen LogP contribution in [-0.4, -0.2) is 28.4 Å². The highest BCUT2D eigenvalue weighted by atomic mass is 16.2. The Labute approximate surface area is 118 Å². The maximum Gasteiger partial charge on any atom is 0.229 e. The molecule has 106 valence electrons. The van der Waals surface area contributed by atoms with E-state index in [0.29, 0.717) is 0 Å². The molecule has 2 N–H and O–H groups in total. The van der Waals surface area contributed by atoms with Crippen LogP contribution < -0.4 is 10.6 Å². The molecule has 0 radical (unpaired) electrons. The lowest BCUT2D eigenvalue weighted by Gasteiger charge is -2.21. The van der Waals surface area contributed by atoms with Crippen molar-refractivity contribution in [3.05, 3.63) is 29.6 Å². The lowest BCUT2D eigenvalue weighted by molar-refractivity contribution is -0.120. The van der Waals surface area contributed by atoms with E-state index in [4.69, 9.17) is 0 Å². The Morgan fingerprint density at radius 2 is 2.30 bits per heavy atom. The highest BCUT2D eigenvalue weighted by molar-refractivity contribution is 5.93. The van der Waals surface area contributed by atoms with Crippen molar-refractivity contribution in [3.63, 3.8) is 0 Å². The van der Waals surface area contributed by atoms with Crippen LogP contribution in [0.25, 0.3) is 5.65 Å². The predicted octanol–water partition coefficient (Wildman–Crippen LogP) is 1.89. The maximum atomic E-state index is 12.4. The number of rotatable bonds is 2. The van der Waals surface area contributed by atoms with E-state index in [0.717, 1.165) is 48.7 Å². The molecule has 1 saturated heterocycles. The number of carbonyl (C=O) groups excluding carboxylic acids is 1. The van der Waals surface area contributed by atoms with E-state index in [1.54, 1.807) is 0 Å². The summed E-state index contributed by atoms with van der Waals surface area (Å²) >= 11 is 0. The summed E-state index contributed by atoms with van der Waals surface area (Å²) in [5.74, 6) is 0.932. The number of nitrogens with zero attached hydrogens (tertiary/aromatic N) is 2. The van der Waals surface area contributed by atoms with E-state index in [9.17, 15) is 4.79 Å². The third kappa shape index (κ3) is 2.41. The fourth-order valence-electron chi connectivity index (χ4n) is 2.71. The molecule has 0 aliphatic carbocycles. The summed E-state index contributed by atoms with van der Waals surface area (Å²) in [6, 6.07) is 4.00. The van der Waals surface area contributed by atoms with Crippen molar-refractivity contribution in [2.45, 2.75) is 26.7 Å². The van der Waals surface area contributed by atoms with E-state index in [1.807, 2.05) is 36.6 Å². The van der Waals surface area contributed by atoms with Gasteiger partial charge in [-0.15, -0.1) is 0 Å². The molecule has 3 heterocycles. The molecule has 2 aromatic rings. The Kier molecular flexibility index (Phi) is 3.44. The molecule has 1 atom stereocenters. The van der Waals surface area contributed by atoms with Crippen LogP contribution in [0.5, 0.6) is 0 Å². The number of fused-ring (bicyclic) bond motifs is 1. The molecule has 0 unspecified atom stereocenters. The second-order valence-corrected chi connectivity index (χ2v) is 5.51. The fourth-order valence-corrected chi connectivity index (χ4v) is 2.71. The van der Waals surface area contributed by atoms with Gasteiger partial charge >= 0.3 is 0 Å². The lowest BCUT2D eigenvalue weighted by atomic mass is 9.99. The first-order valence-electron chi connectivity index (χ1n) is 7.12. The van der Waals surface area contributed by atoms with Gasteiger partial charge in [-0.25, -0.2) is 4.98 Å². The molecule has 3 rings (SSSR count). The number of hydrogen-bond donors (Lipinski definition) is 2. The normalized spacial score (nSPS) is 19.2. The minimum absolute atomic E-state index is 0.0542. The molecule has 20 heavy (non-hydrogen) atoms. The summed E-state index contributed by atoms with van der Waals surface area (Å²) < 4.78 is 1.96. The minimum atomic E-state index is 0.0542. The standard InChI is InChI=1S/C15H20N4O/c1-10-5-6-13-17-11(2)14(19(13)9-10)18-15(20)12-4-3-7-16-8-12/h5-6,9,12,16H,3-4,7-8H2,1-2H3,(H,18,20)/t12-/m1/s1. The van der Waals surface area contributed by atoms with E-state index in [2.05, 4.69) is 15.6 Å². The SMILES string of the molecule is Cc1ccc2nc(C)c(NC(=O)[C@@H]3CCCNC3)n2c1. The number of piperidine rings is 1. The van der Waals surface area contributed by atoms with Crippen LogP contribution in [-0.2, 0) is 4.79 Å². The van der Waals surface area contributed by atoms with Gasteiger partial charge in [-0.1, -0.05) is 6.07 Å². The van der Waals surface area contributed by atoms with Crippen LogP contribution in [0.2, 0.25) is 0 Å². The average molecular weight is 272 g/mol. The highest BCUT2D eigenvalue weighted by Crippen LogP contribution is 2.20. The number of aromatic nitrogens is 2. The van der Waals surface area contributed by atoms with Crippen molar-refractivity contribution in [2.75, 3.05) is 18.4 Å². The van der Waals surface area contributed by atoms with Crippen LogP contribution in [0.15, 0.2) is 18.3 Å². The van der Waals surface area contributed by atoms with Crippen LogP contribution in [0.3, 0.4) is 0 Å². The Balaban J connectivity index is 1.88. The van der Waals surface area contributed by atoms with Gasteiger partial charge in [-0.3, -0.25) is 9.20 Å². The van der Waals surface area contributed by atoms with Gasteiger partial charge in [-0.2, -0.15) is 0 Å². The highest BCUT2D eigenvalue weighted by Gasteiger charge is 2.22. The van der Waals surface area contributed by atoms with Crippen molar-refractivity contribution in [1.29, 1.82) is 0 Å². The Hall–Kier alpha value is -1.88. The first-order valence-corrected chi connectivity index (χ1v) is 7.12. The number of hydrogen-bond acceptors (Lipinski definition) is 3. The van der Waals surface area contributed by atoms with Crippen LogP contribution >= 0.6 is 0 Å². The fraction of sp³-hybridized carbons (Fsp3) is 0.467. The average Bonchev–Trinajstić information content (AvgIpc) is 2.76. The van der Waals surface area contributed by atoms with Crippen molar-refractivity contribution >= 4 is 17.4 Å². The van der Waals surface area contributed by atoms with Gasteiger partial charge in [0.1, 0.15) is 11.5 Å². The summed E-state index contributed by atoms with van der Waals surface area (Å²) in [4.78, 5) is 16.8. The topological polar surface area (TPSA) is 58.4 Å². The van der Waals surface area contributed by atoms with Gasteiger partial charge in [0.2, 0.25) is 5.91 Å². The Bertz CT molecular complexity index is 641. The molecule has 1 amide bonds. The number of aryl methyl sites for hydroxylation is 2. The number of nitrogens with one attached hydrogen (secondary N) is 2. The van der Waals surface area contributed by atoms with Gasteiger partial charge in [0, 0.05) is 12.7 Å². The summed E-state index contributed by atoms with van der Waals surface area (Å²) in [5, 5.41) is 6.32. The Morgan fingerprint density at radius 1 is 1.45 bits per heavy atom. The van der Waals surface area contributed by atoms with E-state index in [1.165, 1.54) is 0 Å². The molecule has 0 bridgehead atoms. The van der Waals surface area contributed by atoms with Crippen molar-refractivity contribution in [3.8, 4) is 0 Å². The van der Waals surface area contributed by atoms with Crippen LogP contribution in [0, 0.1) is 19.8 Å². The first-order chi connectivity index (χ1) is 9.65. The van der Waals surface area contributed by atoms with E-state index < -0.39 is 0 Å². The predicted molar refractivity (Wildman–Crippen MR) is 78.9 cm³/mol. The number of carbonyl (C=O) groups is 1. The molecule has 1 aliphatic rings. The summed E-state index contributed by atoms with van der Waals surface area (Å²) in [6.45, 7) is 5.74. The summed E-state index contributed by atoms with van der Waals surface area (Å²) in [6.07, 6.45) is 4.01. The van der Waals surface area contributed by atoms with Gasteiger partial charge in [-0.05, 0) is 44.9 Å². The molecule has 5 heteroatoms. The molecular weight excluding hydrogens is 252 g/mol. The second-order valence-electron chi connectivity index (χ2n) is 5.51. The molecule has 5 nitrogen and oxygen atoms in total. The monoisotopic (exact) mass is 272 g/mol. The minimum Gasteiger partial charge on any atom is -0.316 e. The Morgan fingerprint density at radius 3 is 3.05 bits per heavy atom. The smallest absolute Gasteiger partial charge is 0.229 e. The molecule has 2 aromatic heterocycles. The number of pyridine rings is 1. The summed E-state index contributed by atoms with van der Waals surface area (Å²) in [5.41, 5.74) is 2.86. The van der Waals surface area contributed by atoms with Gasteiger partial charge in [0.05, 0.1) is 11.6 Å². The molecule has 1 aliphatic heterocycles. The van der Waals surface area contributed by atoms with Gasteiger partial charge < -0.3 is 10.6 Å². The quantitative estimate of drug-likeness (QED) is 0.877. The molecule has 1 fully saturated rings. The van der Waals surface area contributed by atoms with Crippen molar-refractivity contribution < 1.29 is 4.79 Å². The van der Waals surface area contributed by atoms with Gasteiger partial charge in [0.25, 0.3) is 0 Å². The zero-order chi connectivity index (χ0) is 14.1. The molecule has 0 aromatic carbocycles. The number of imidazole rings is 1. The third-order valence-corrected chi connectivity index (χ3v) is 3.85. The van der Waals surface area contributed by atoms with Crippen molar-refractivity contribution in [2.24, 2.45) is 5.92 Å². The van der Waals surface area contributed by atoms with Crippen LogP contribution in [0.4, 0.5) is 5.82 Å². The van der Waals surface area contributed by atoms with Gasteiger partial charge in [0.15, 0.2) is 0 Å². The first kappa shape index (κ1) is 13.1. The zero-order valence-corrected chi connectivity index (χ0v) is 11.9. The summed E-state index contributed by atoms with van der Waals surface area (Å²) in [7, 11) is 0. The second kappa shape index (κ2) is 5.25. The van der Waals surface area contributed by atoms with E-state index in [-0.39, 0.29) is 11.8 Å². The molecule has 0 spiro atoms. The molecular formula is C15H20N4O. The molecule has 0 saturated carbocycles. The number of anilines is 1. The van der Waals surface area contributed by atoms with Crippen molar-refractivity contribution in [1.82, 2.24) is 14.7 Å². The maximum absolute atomic E-state index is 12.4. The lowest BCUT2D eigenvalue weighted by Crippen LogP contribution is -2.37. The number of amides is 1. The van der Waals surface area contributed by atoms with E-state index >= 15 is 0 Å². The zero-order valence-electron chi connectivity index (χ0n) is 11.9.